The van der Waals surface area contributed by atoms with E-state index < -0.39 is 0 Å². The molecule has 0 unspecified atom stereocenters. The Balaban J connectivity index is 1.52. The molecule has 1 aliphatic heterocycles. The Hall–Kier alpha value is -2.24. The van der Waals surface area contributed by atoms with E-state index in [0.29, 0.717) is 5.75 Å². The molecule has 3 nitrogen and oxygen atoms in total. The summed E-state index contributed by atoms with van der Waals surface area (Å²) in [4.78, 5) is 13.5. The van der Waals surface area contributed by atoms with Gasteiger partial charge in [0.2, 0.25) is 0 Å². The van der Waals surface area contributed by atoms with Gasteiger partial charge in [0.15, 0.2) is 0 Å². The third-order valence-electron chi connectivity index (χ3n) is 3.97. The lowest BCUT2D eigenvalue weighted by atomic mass is 10.1. The SMILES string of the molecule is CC(=O)CSC1=NN=C(c2ccc(-c3ccc4ccccc4c3)s2)C1. The van der Waals surface area contributed by atoms with E-state index in [1.807, 2.05) is 0 Å². The Morgan fingerprint density at radius 3 is 2.68 bits per heavy atom. The predicted octanol–water partition coefficient (Wildman–Crippen LogP) is 5.40. The van der Waals surface area contributed by atoms with Crippen molar-refractivity contribution in [2.45, 2.75) is 13.3 Å². The fourth-order valence-corrected chi connectivity index (χ4v) is 4.41. The molecule has 1 aromatic heterocycles. The number of fused-ring (bicyclic) bond motifs is 1. The molecule has 0 N–H and O–H groups in total. The Morgan fingerprint density at radius 2 is 1.84 bits per heavy atom. The van der Waals surface area contributed by atoms with E-state index in [9.17, 15) is 4.79 Å². The fourth-order valence-electron chi connectivity index (χ4n) is 2.72. The topological polar surface area (TPSA) is 41.8 Å². The molecular formula is C20H16N2OS2. The first-order valence-electron chi connectivity index (χ1n) is 8.04. The molecule has 3 aromatic rings. The van der Waals surface area contributed by atoms with Crippen molar-refractivity contribution < 1.29 is 4.79 Å². The van der Waals surface area contributed by atoms with Crippen molar-refractivity contribution in [1.29, 1.82) is 0 Å². The van der Waals surface area contributed by atoms with Crippen LogP contribution in [0.4, 0.5) is 0 Å². The van der Waals surface area contributed by atoms with Gasteiger partial charge >= 0.3 is 0 Å². The molecule has 2 heterocycles. The average Bonchev–Trinajstić information content (AvgIpc) is 3.29. The van der Waals surface area contributed by atoms with E-state index in [0.717, 1.165) is 22.1 Å². The summed E-state index contributed by atoms with van der Waals surface area (Å²) in [6.07, 6.45) is 0.718. The third kappa shape index (κ3) is 3.57. The van der Waals surface area contributed by atoms with Crippen molar-refractivity contribution in [2.24, 2.45) is 10.2 Å². The summed E-state index contributed by atoms with van der Waals surface area (Å²) in [5.74, 6) is 0.630. The van der Waals surface area contributed by atoms with Gasteiger partial charge in [0, 0.05) is 11.3 Å². The van der Waals surface area contributed by atoms with Crippen LogP contribution in [0.25, 0.3) is 21.2 Å². The second-order valence-electron chi connectivity index (χ2n) is 5.93. The van der Waals surface area contributed by atoms with Crippen molar-refractivity contribution in [3.63, 3.8) is 0 Å². The van der Waals surface area contributed by atoms with Crippen LogP contribution >= 0.6 is 23.1 Å². The molecule has 0 bridgehead atoms. The number of thioether (sulfide) groups is 1. The molecule has 0 radical (unpaired) electrons. The van der Waals surface area contributed by atoms with Crippen molar-refractivity contribution >= 4 is 50.4 Å². The molecule has 4 rings (SSSR count). The molecule has 0 atom stereocenters. The molecule has 0 amide bonds. The molecule has 0 aliphatic carbocycles. The summed E-state index contributed by atoms with van der Waals surface area (Å²) >= 11 is 3.22. The minimum atomic E-state index is 0.163. The van der Waals surface area contributed by atoms with Crippen LogP contribution in [0.5, 0.6) is 0 Å². The molecule has 25 heavy (non-hydrogen) atoms. The maximum absolute atomic E-state index is 11.1. The molecule has 0 saturated heterocycles. The maximum Gasteiger partial charge on any atom is 0.140 e. The van der Waals surface area contributed by atoms with E-state index in [1.54, 1.807) is 18.3 Å². The normalized spacial score (nSPS) is 13.8. The van der Waals surface area contributed by atoms with Gasteiger partial charge in [-0.25, -0.2) is 0 Å². The Bertz CT molecular complexity index is 1020. The van der Waals surface area contributed by atoms with Crippen LogP contribution in [0.3, 0.4) is 0 Å². The first kappa shape index (κ1) is 16.2. The van der Waals surface area contributed by atoms with Crippen LogP contribution in [-0.2, 0) is 4.79 Å². The summed E-state index contributed by atoms with van der Waals surface area (Å²) in [6.45, 7) is 1.60. The Morgan fingerprint density at radius 1 is 1.04 bits per heavy atom. The number of rotatable bonds is 4. The van der Waals surface area contributed by atoms with Gasteiger partial charge in [0.25, 0.3) is 0 Å². The molecule has 0 fully saturated rings. The van der Waals surface area contributed by atoms with Gasteiger partial charge in [0.1, 0.15) is 10.8 Å². The van der Waals surface area contributed by atoms with E-state index >= 15 is 0 Å². The zero-order valence-electron chi connectivity index (χ0n) is 13.7. The number of ketones is 1. The lowest BCUT2D eigenvalue weighted by Crippen LogP contribution is -2.02. The van der Waals surface area contributed by atoms with Gasteiger partial charge in [-0.05, 0) is 41.5 Å². The number of Topliss-reactive ketones (excluding diaryl/α,β-unsaturated/α-hetero) is 1. The Kier molecular flexibility index (Phi) is 4.51. The molecule has 5 heteroatoms. The summed E-state index contributed by atoms with van der Waals surface area (Å²) in [6, 6.07) is 19.2. The van der Waals surface area contributed by atoms with E-state index in [4.69, 9.17) is 0 Å². The average molecular weight is 364 g/mol. The highest BCUT2D eigenvalue weighted by molar-refractivity contribution is 8.14. The minimum Gasteiger partial charge on any atom is -0.299 e. The zero-order valence-corrected chi connectivity index (χ0v) is 15.4. The first-order valence-corrected chi connectivity index (χ1v) is 9.84. The first-order chi connectivity index (χ1) is 12.2. The van der Waals surface area contributed by atoms with E-state index in [2.05, 4.69) is 64.8 Å². The highest BCUT2D eigenvalue weighted by Crippen LogP contribution is 2.32. The van der Waals surface area contributed by atoms with Crippen molar-refractivity contribution in [1.82, 2.24) is 0 Å². The third-order valence-corrected chi connectivity index (χ3v) is 6.26. The van der Waals surface area contributed by atoms with Gasteiger partial charge in [-0.2, -0.15) is 5.10 Å². The number of hydrogen-bond donors (Lipinski definition) is 0. The summed E-state index contributed by atoms with van der Waals surface area (Å²) < 4.78 is 0. The number of benzene rings is 2. The number of carbonyl (C=O) groups excluding carboxylic acids is 1. The fraction of sp³-hybridized carbons (Fsp3) is 0.150. The van der Waals surface area contributed by atoms with Crippen molar-refractivity contribution in [2.75, 3.05) is 5.75 Å². The number of hydrogen-bond acceptors (Lipinski definition) is 5. The van der Waals surface area contributed by atoms with Crippen LogP contribution in [0, 0.1) is 0 Å². The minimum absolute atomic E-state index is 0.163. The lowest BCUT2D eigenvalue weighted by molar-refractivity contribution is -0.114. The lowest BCUT2D eigenvalue weighted by Gasteiger charge is -2.01. The highest BCUT2D eigenvalue weighted by atomic mass is 32.2. The number of thiophene rings is 1. The number of carbonyl (C=O) groups is 1. The summed E-state index contributed by atoms with van der Waals surface area (Å²) in [5.41, 5.74) is 2.21. The van der Waals surface area contributed by atoms with Gasteiger partial charge in [-0.15, -0.1) is 28.2 Å². The molecule has 124 valence electrons. The van der Waals surface area contributed by atoms with Crippen LogP contribution in [0.15, 0.2) is 64.8 Å². The van der Waals surface area contributed by atoms with Gasteiger partial charge in [-0.3, -0.25) is 4.79 Å². The van der Waals surface area contributed by atoms with Crippen LogP contribution in [0.1, 0.15) is 18.2 Å². The molecule has 0 spiro atoms. The zero-order chi connectivity index (χ0) is 17.2. The van der Waals surface area contributed by atoms with E-state index in [1.165, 1.54) is 33.0 Å². The maximum atomic E-state index is 11.1. The molecule has 1 aliphatic rings. The summed E-state index contributed by atoms with van der Waals surface area (Å²) in [5, 5.41) is 11.9. The van der Waals surface area contributed by atoms with Crippen LogP contribution in [-0.4, -0.2) is 22.3 Å². The van der Waals surface area contributed by atoms with Gasteiger partial charge in [-0.1, -0.05) is 36.4 Å². The standard InChI is InChI=1S/C20H16N2OS2/c1-13(23)12-24-20-11-17(21-22-20)19-9-8-18(25-19)16-7-6-14-4-2-3-5-15(14)10-16/h2-10H,11-12H2,1H3. The highest BCUT2D eigenvalue weighted by Gasteiger charge is 2.17. The largest absolute Gasteiger partial charge is 0.299 e. The molecular weight excluding hydrogens is 348 g/mol. The molecule has 2 aromatic carbocycles. The van der Waals surface area contributed by atoms with E-state index in [-0.39, 0.29) is 5.78 Å². The van der Waals surface area contributed by atoms with Crippen LogP contribution < -0.4 is 0 Å². The van der Waals surface area contributed by atoms with Crippen molar-refractivity contribution in [3.8, 4) is 10.4 Å². The second kappa shape index (κ2) is 6.94. The van der Waals surface area contributed by atoms with Crippen molar-refractivity contribution in [3.05, 3.63) is 59.5 Å². The van der Waals surface area contributed by atoms with Crippen LogP contribution in [0.2, 0.25) is 0 Å². The summed E-state index contributed by atoms with van der Waals surface area (Å²) in [7, 11) is 0. The predicted molar refractivity (Wildman–Crippen MR) is 109 cm³/mol. The van der Waals surface area contributed by atoms with Gasteiger partial charge in [0.05, 0.1) is 16.3 Å². The molecule has 0 saturated carbocycles. The number of nitrogens with zero attached hydrogens (tertiary/aromatic N) is 2. The monoisotopic (exact) mass is 364 g/mol. The smallest absolute Gasteiger partial charge is 0.140 e. The second-order valence-corrected chi connectivity index (χ2v) is 8.07. The quantitative estimate of drug-likeness (QED) is 0.622. The Labute approximate surface area is 154 Å². The van der Waals surface area contributed by atoms with Gasteiger partial charge < -0.3 is 0 Å².